The maximum atomic E-state index is 12.4. The van der Waals surface area contributed by atoms with Gasteiger partial charge in [0.05, 0.1) is 20.3 Å². The molecule has 0 amide bonds. The largest absolute Gasteiger partial charge is 0.497 e. The molecule has 1 heterocycles. The standard InChI is InChI=1S/C25H29N3O4/c1-3-31-25(29)23-24(28(27-26-23)17-18-9-13-21(30-2)14-10-18)32-22-15-11-20(12-16-22)19-7-5-4-6-8-19/h9-16,19H,3-8,17H2,1-2H3. The van der Waals surface area contributed by atoms with Gasteiger partial charge >= 0.3 is 5.97 Å². The molecule has 0 radical (unpaired) electrons. The molecule has 1 aromatic heterocycles. The SMILES string of the molecule is CCOC(=O)c1nnn(Cc2ccc(OC)cc2)c1Oc1ccc(C2CCCCC2)cc1. The molecule has 7 nitrogen and oxygen atoms in total. The average molecular weight is 436 g/mol. The molecule has 168 valence electrons. The molecule has 0 saturated heterocycles. The number of aromatic nitrogens is 3. The third kappa shape index (κ3) is 5.10. The van der Waals surface area contributed by atoms with Crippen LogP contribution in [0.5, 0.6) is 17.4 Å². The Hall–Kier alpha value is -3.35. The van der Waals surface area contributed by atoms with Gasteiger partial charge in [0.15, 0.2) is 0 Å². The van der Waals surface area contributed by atoms with Crippen LogP contribution in [0.15, 0.2) is 48.5 Å². The summed E-state index contributed by atoms with van der Waals surface area (Å²) in [4.78, 5) is 12.4. The first-order chi connectivity index (χ1) is 15.7. The maximum Gasteiger partial charge on any atom is 0.364 e. The molecule has 7 heteroatoms. The molecule has 4 rings (SSSR count). The van der Waals surface area contributed by atoms with E-state index in [2.05, 4.69) is 22.4 Å². The molecule has 1 fully saturated rings. The highest BCUT2D eigenvalue weighted by Crippen LogP contribution is 2.34. The Morgan fingerprint density at radius 2 is 1.69 bits per heavy atom. The summed E-state index contributed by atoms with van der Waals surface area (Å²) in [5.74, 6) is 1.74. The Balaban J connectivity index is 1.57. The highest BCUT2D eigenvalue weighted by atomic mass is 16.5. The van der Waals surface area contributed by atoms with Gasteiger partial charge in [0.25, 0.3) is 5.88 Å². The molecule has 0 atom stereocenters. The number of hydrogen-bond acceptors (Lipinski definition) is 6. The van der Waals surface area contributed by atoms with E-state index < -0.39 is 5.97 Å². The molecule has 1 aliphatic rings. The van der Waals surface area contributed by atoms with Gasteiger partial charge in [0.2, 0.25) is 5.69 Å². The Morgan fingerprint density at radius 3 is 2.34 bits per heavy atom. The van der Waals surface area contributed by atoms with E-state index in [1.807, 2.05) is 36.4 Å². The summed E-state index contributed by atoms with van der Waals surface area (Å²) in [5.41, 5.74) is 2.38. The van der Waals surface area contributed by atoms with Crippen molar-refractivity contribution in [3.63, 3.8) is 0 Å². The van der Waals surface area contributed by atoms with E-state index >= 15 is 0 Å². The molecular formula is C25H29N3O4. The predicted octanol–water partition coefficient (Wildman–Crippen LogP) is 5.35. The van der Waals surface area contributed by atoms with Crippen molar-refractivity contribution >= 4 is 5.97 Å². The normalized spacial score (nSPS) is 14.2. The molecule has 1 saturated carbocycles. The Kier molecular flexibility index (Phi) is 7.04. The van der Waals surface area contributed by atoms with Gasteiger partial charge in [-0.3, -0.25) is 0 Å². The van der Waals surface area contributed by atoms with Crippen molar-refractivity contribution in [2.75, 3.05) is 13.7 Å². The van der Waals surface area contributed by atoms with E-state index in [1.165, 1.54) is 37.7 Å². The van der Waals surface area contributed by atoms with Gasteiger partial charge in [-0.25, -0.2) is 9.48 Å². The topological polar surface area (TPSA) is 75.5 Å². The molecule has 0 spiro atoms. The van der Waals surface area contributed by atoms with Crippen molar-refractivity contribution in [2.45, 2.75) is 51.5 Å². The number of hydrogen-bond donors (Lipinski definition) is 0. The van der Waals surface area contributed by atoms with Gasteiger partial charge in [0, 0.05) is 0 Å². The van der Waals surface area contributed by atoms with Gasteiger partial charge in [-0.15, -0.1) is 5.10 Å². The number of carbonyl (C=O) groups is 1. The highest BCUT2D eigenvalue weighted by Gasteiger charge is 2.24. The number of carbonyl (C=O) groups excluding carboxylic acids is 1. The van der Waals surface area contributed by atoms with Crippen LogP contribution in [-0.2, 0) is 11.3 Å². The molecule has 0 aliphatic heterocycles. The molecule has 0 bridgehead atoms. The van der Waals surface area contributed by atoms with E-state index in [9.17, 15) is 4.79 Å². The van der Waals surface area contributed by atoms with Crippen molar-refractivity contribution in [2.24, 2.45) is 0 Å². The summed E-state index contributed by atoms with van der Waals surface area (Å²) in [7, 11) is 1.63. The number of esters is 1. The van der Waals surface area contributed by atoms with Crippen LogP contribution in [-0.4, -0.2) is 34.7 Å². The first-order valence-electron chi connectivity index (χ1n) is 11.2. The lowest BCUT2D eigenvalue weighted by Gasteiger charge is -2.22. The number of methoxy groups -OCH3 is 1. The minimum atomic E-state index is -0.553. The monoisotopic (exact) mass is 435 g/mol. The quantitative estimate of drug-likeness (QED) is 0.444. The van der Waals surface area contributed by atoms with Gasteiger partial charge in [-0.2, -0.15) is 0 Å². The van der Waals surface area contributed by atoms with Crippen LogP contribution in [0.2, 0.25) is 0 Å². The molecule has 0 N–H and O–H groups in total. The molecule has 1 aliphatic carbocycles. The lowest BCUT2D eigenvalue weighted by Crippen LogP contribution is -2.09. The Labute approximate surface area is 188 Å². The second-order valence-electron chi connectivity index (χ2n) is 7.98. The number of rotatable bonds is 8. The summed E-state index contributed by atoms with van der Waals surface area (Å²) < 4.78 is 18.1. The Bertz CT molecular complexity index is 1020. The summed E-state index contributed by atoms with van der Waals surface area (Å²) in [6.45, 7) is 2.40. The van der Waals surface area contributed by atoms with Crippen LogP contribution < -0.4 is 9.47 Å². The molecule has 2 aromatic carbocycles. The number of nitrogens with zero attached hydrogens (tertiary/aromatic N) is 3. The van der Waals surface area contributed by atoms with Crippen molar-refractivity contribution in [3.05, 3.63) is 65.4 Å². The molecular weight excluding hydrogens is 406 g/mol. The number of ether oxygens (including phenoxy) is 3. The zero-order valence-electron chi connectivity index (χ0n) is 18.6. The molecule has 0 unspecified atom stereocenters. The van der Waals surface area contributed by atoms with E-state index in [0.717, 1.165) is 11.3 Å². The highest BCUT2D eigenvalue weighted by molar-refractivity contribution is 5.89. The average Bonchev–Trinajstić information content (AvgIpc) is 3.23. The fraction of sp³-hybridized carbons (Fsp3) is 0.400. The summed E-state index contributed by atoms with van der Waals surface area (Å²) in [5, 5.41) is 8.19. The smallest absolute Gasteiger partial charge is 0.364 e. The third-order valence-electron chi connectivity index (χ3n) is 5.82. The van der Waals surface area contributed by atoms with Crippen molar-refractivity contribution in [1.82, 2.24) is 15.0 Å². The van der Waals surface area contributed by atoms with Crippen LogP contribution in [0.1, 0.15) is 66.6 Å². The molecule has 32 heavy (non-hydrogen) atoms. The summed E-state index contributed by atoms with van der Waals surface area (Å²) in [6.07, 6.45) is 6.40. The fourth-order valence-electron chi connectivity index (χ4n) is 4.10. The van der Waals surface area contributed by atoms with Crippen LogP contribution >= 0.6 is 0 Å². The fourth-order valence-corrected chi connectivity index (χ4v) is 4.10. The lowest BCUT2D eigenvalue weighted by molar-refractivity contribution is 0.0516. The first-order valence-corrected chi connectivity index (χ1v) is 11.2. The second-order valence-corrected chi connectivity index (χ2v) is 7.98. The van der Waals surface area contributed by atoms with Crippen LogP contribution in [0, 0.1) is 0 Å². The lowest BCUT2D eigenvalue weighted by atomic mass is 9.84. The van der Waals surface area contributed by atoms with E-state index in [0.29, 0.717) is 18.2 Å². The first kappa shape index (κ1) is 21.9. The van der Waals surface area contributed by atoms with Crippen molar-refractivity contribution in [1.29, 1.82) is 0 Å². The third-order valence-corrected chi connectivity index (χ3v) is 5.82. The van der Waals surface area contributed by atoms with Gasteiger partial charge in [-0.05, 0) is 61.1 Å². The van der Waals surface area contributed by atoms with Crippen LogP contribution in [0.3, 0.4) is 0 Å². The Morgan fingerprint density at radius 1 is 1.00 bits per heavy atom. The van der Waals surface area contributed by atoms with Gasteiger partial charge in [0.1, 0.15) is 11.5 Å². The van der Waals surface area contributed by atoms with Crippen LogP contribution in [0.4, 0.5) is 0 Å². The molecule has 3 aromatic rings. The summed E-state index contributed by atoms with van der Waals surface area (Å²) >= 11 is 0. The van der Waals surface area contributed by atoms with E-state index in [1.54, 1.807) is 18.7 Å². The zero-order valence-corrected chi connectivity index (χ0v) is 18.6. The second kappa shape index (κ2) is 10.3. The minimum absolute atomic E-state index is 0.0664. The van der Waals surface area contributed by atoms with Gasteiger partial charge in [-0.1, -0.05) is 48.7 Å². The van der Waals surface area contributed by atoms with Gasteiger partial charge < -0.3 is 14.2 Å². The zero-order chi connectivity index (χ0) is 22.3. The van der Waals surface area contributed by atoms with Crippen molar-refractivity contribution < 1.29 is 19.0 Å². The van der Waals surface area contributed by atoms with Crippen LogP contribution in [0.25, 0.3) is 0 Å². The summed E-state index contributed by atoms with van der Waals surface area (Å²) in [6, 6.07) is 15.8. The maximum absolute atomic E-state index is 12.4. The minimum Gasteiger partial charge on any atom is -0.497 e. The van der Waals surface area contributed by atoms with E-state index in [-0.39, 0.29) is 18.2 Å². The predicted molar refractivity (Wildman–Crippen MR) is 120 cm³/mol. The van der Waals surface area contributed by atoms with E-state index in [4.69, 9.17) is 14.2 Å². The number of benzene rings is 2. The van der Waals surface area contributed by atoms with Crippen molar-refractivity contribution in [3.8, 4) is 17.4 Å².